The Labute approximate surface area is 123 Å². The Bertz CT molecular complexity index is 614. The van der Waals surface area contributed by atoms with E-state index in [-0.39, 0.29) is 24.5 Å². The van der Waals surface area contributed by atoms with Crippen LogP contribution in [0, 0.1) is 18.8 Å². The average Bonchev–Trinajstić information content (AvgIpc) is 2.84. The second kappa shape index (κ2) is 6.91. The molecule has 1 heterocycles. The maximum atomic E-state index is 12.3. The van der Waals surface area contributed by atoms with Gasteiger partial charge in [-0.15, -0.1) is 0 Å². The van der Waals surface area contributed by atoms with E-state index in [0.717, 1.165) is 5.56 Å². The summed E-state index contributed by atoms with van der Waals surface area (Å²) in [7, 11) is 0. The molecule has 2 rings (SSSR count). The van der Waals surface area contributed by atoms with Crippen LogP contribution in [-0.2, 0) is 4.79 Å². The van der Waals surface area contributed by atoms with Gasteiger partial charge in [-0.2, -0.15) is 0 Å². The number of carbonyl (C=O) groups is 2. The second-order valence-corrected chi connectivity index (χ2v) is 5.00. The highest BCUT2D eigenvalue weighted by Crippen LogP contribution is 2.12. The lowest BCUT2D eigenvalue weighted by molar-refractivity contribution is -0.119. The first kappa shape index (κ1) is 15.1. The third kappa shape index (κ3) is 4.07. The molecule has 1 aliphatic rings. The number of aliphatic hydroxyl groups excluding tert-OH is 1. The highest BCUT2D eigenvalue weighted by Gasteiger charge is 2.24. The van der Waals surface area contributed by atoms with Crippen LogP contribution in [0.25, 0.3) is 0 Å². The zero-order valence-electron chi connectivity index (χ0n) is 11.9. The van der Waals surface area contributed by atoms with E-state index in [4.69, 9.17) is 5.11 Å². The molecule has 1 aliphatic heterocycles. The van der Waals surface area contributed by atoms with Gasteiger partial charge in [-0.25, -0.2) is 0 Å². The fraction of sp³-hybridized carbons (Fsp3) is 0.375. The molecule has 1 aromatic carbocycles. The van der Waals surface area contributed by atoms with E-state index in [0.29, 0.717) is 30.5 Å². The van der Waals surface area contributed by atoms with E-state index >= 15 is 0 Å². The maximum Gasteiger partial charge on any atom is 0.252 e. The molecule has 110 valence electrons. The SMILES string of the molecule is Cc1ccc(C(=O)NC2CNC(=O)C2)c(C#CCCO)c1. The van der Waals surface area contributed by atoms with E-state index in [1.165, 1.54) is 0 Å². The smallest absolute Gasteiger partial charge is 0.252 e. The predicted molar refractivity (Wildman–Crippen MR) is 78.6 cm³/mol. The summed E-state index contributed by atoms with van der Waals surface area (Å²) in [5, 5.41) is 14.3. The fourth-order valence-electron chi connectivity index (χ4n) is 2.14. The van der Waals surface area contributed by atoms with E-state index in [9.17, 15) is 9.59 Å². The van der Waals surface area contributed by atoms with Gasteiger partial charge in [0.1, 0.15) is 0 Å². The van der Waals surface area contributed by atoms with E-state index in [1.807, 2.05) is 19.1 Å². The minimum atomic E-state index is -0.232. The van der Waals surface area contributed by atoms with Crippen molar-refractivity contribution in [3.05, 3.63) is 34.9 Å². The molecule has 5 nitrogen and oxygen atoms in total. The summed E-state index contributed by atoms with van der Waals surface area (Å²) in [6, 6.07) is 5.25. The molecule has 1 aromatic rings. The van der Waals surface area contributed by atoms with Crippen LogP contribution in [-0.4, -0.2) is 36.1 Å². The Morgan fingerprint density at radius 3 is 3.00 bits per heavy atom. The number of hydrogen-bond donors (Lipinski definition) is 3. The molecule has 0 aromatic heterocycles. The first-order chi connectivity index (χ1) is 10.1. The Morgan fingerprint density at radius 1 is 1.52 bits per heavy atom. The van der Waals surface area contributed by atoms with Crippen molar-refractivity contribution in [3.8, 4) is 11.8 Å². The summed E-state index contributed by atoms with van der Waals surface area (Å²) in [6.07, 6.45) is 0.680. The van der Waals surface area contributed by atoms with Crippen molar-refractivity contribution in [3.63, 3.8) is 0 Å². The summed E-state index contributed by atoms with van der Waals surface area (Å²) < 4.78 is 0. The normalized spacial score (nSPS) is 16.9. The molecule has 0 bridgehead atoms. The van der Waals surface area contributed by atoms with Crippen molar-refractivity contribution >= 4 is 11.8 Å². The number of nitrogens with one attached hydrogen (secondary N) is 2. The zero-order valence-corrected chi connectivity index (χ0v) is 11.9. The van der Waals surface area contributed by atoms with Crippen LogP contribution >= 0.6 is 0 Å². The van der Waals surface area contributed by atoms with Crippen molar-refractivity contribution in [2.45, 2.75) is 25.8 Å². The third-order valence-corrected chi connectivity index (χ3v) is 3.19. The van der Waals surface area contributed by atoms with Crippen LogP contribution in [0.2, 0.25) is 0 Å². The van der Waals surface area contributed by atoms with Gasteiger partial charge >= 0.3 is 0 Å². The van der Waals surface area contributed by atoms with Gasteiger partial charge < -0.3 is 15.7 Å². The van der Waals surface area contributed by atoms with Crippen LogP contribution in [0.4, 0.5) is 0 Å². The highest BCUT2D eigenvalue weighted by molar-refractivity contribution is 5.97. The lowest BCUT2D eigenvalue weighted by atomic mass is 10.0. The molecule has 0 spiro atoms. The highest BCUT2D eigenvalue weighted by atomic mass is 16.2. The van der Waals surface area contributed by atoms with Crippen molar-refractivity contribution in [2.75, 3.05) is 13.2 Å². The fourth-order valence-corrected chi connectivity index (χ4v) is 2.14. The van der Waals surface area contributed by atoms with Crippen LogP contribution in [0.1, 0.15) is 34.3 Å². The largest absolute Gasteiger partial charge is 0.395 e. The molecule has 0 radical (unpaired) electrons. The van der Waals surface area contributed by atoms with Crippen LogP contribution < -0.4 is 10.6 Å². The van der Waals surface area contributed by atoms with Crippen molar-refractivity contribution < 1.29 is 14.7 Å². The molecule has 3 N–H and O–H groups in total. The van der Waals surface area contributed by atoms with E-state index in [2.05, 4.69) is 22.5 Å². The number of rotatable bonds is 3. The number of benzene rings is 1. The molecular formula is C16H18N2O3. The Kier molecular flexibility index (Phi) is 4.96. The Hall–Kier alpha value is -2.32. The minimum absolute atomic E-state index is 0.00377. The summed E-state index contributed by atoms with van der Waals surface area (Å²) in [5.74, 6) is 5.46. The van der Waals surface area contributed by atoms with Gasteiger partial charge in [-0.1, -0.05) is 17.9 Å². The topological polar surface area (TPSA) is 78.4 Å². The number of hydrogen-bond acceptors (Lipinski definition) is 3. The Morgan fingerprint density at radius 2 is 2.33 bits per heavy atom. The molecule has 0 aliphatic carbocycles. The van der Waals surface area contributed by atoms with Crippen LogP contribution in [0.5, 0.6) is 0 Å². The van der Waals surface area contributed by atoms with Crippen LogP contribution in [0.3, 0.4) is 0 Å². The molecule has 1 unspecified atom stereocenters. The summed E-state index contributed by atoms with van der Waals surface area (Å²) in [4.78, 5) is 23.5. The molecule has 0 saturated carbocycles. The molecule has 1 saturated heterocycles. The minimum Gasteiger partial charge on any atom is -0.395 e. The lowest BCUT2D eigenvalue weighted by Gasteiger charge is -2.12. The quantitative estimate of drug-likeness (QED) is 0.702. The van der Waals surface area contributed by atoms with Crippen molar-refractivity contribution in [1.29, 1.82) is 0 Å². The van der Waals surface area contributed by atoms with Gasteiger partial charge in [0.05, 0.1) is 18.2 Å². The number of amides is 2. The van der Waals surface area contributed by atoms with Gasteiger partial charge in [-0.3, -0.25) is 9.59 Å². The maximum absolute atomic E-state index is 12.3. The van der Waals surface area contributed by atoms with Crippen LogP contribution in [0.15, 0.2) is 18.2 Å². The monoisotopic (exact) mass is 286 g/mol. The van der Waals surface area contributed by atoms with Gasteiger partial charge in [-0.05, 0) is 24.6 Å². The van der Waals surface area contributed by atoms with E-state index in [1.54, 1.807) is 6.07 Å². The first-order valence-corrected chi connectivity index (χ1v) is 6.88. The number of carbonyl (C=O) groups excluding carboxylic acids is 2. The summed E-state index contributed by atoms with van der Waals surface area (Å²) >= 11 is 0. The number of aryl methyl sites for hydroxylation is 1. The molecule has 1 fully saturated rings. The predicted octanol–water partition coefficient (Wildman–Crippen LogP) is 0.347. The van der Waals surface area contributed by atoms with Crippen molar-refractivity contribution in [2.24, 2.45) is 0 Å². The molecule has 1 atom stereocenters. The third-order valence-electron chi connectivity index (χ3n) is 3.19. The van der Waals surface area contributed by atoms with Gasteiger partial charge in [0, 0.05) is 24.9 Å². The second-order valence-electron chi connectivity index (χ2n) is 5.00. The average molecular weight is 286 g/mol. The van der Waals surface area contributed by atoms with Gasteiger partial charge in [0.15, 0.2) is 0 Å². The molecule has 5 heteroatoms. The molecular weight excluding hydrogens is 268 g/mol. The van der Waals surface area contributed by atoms with Gasteiger partial charge in [0.2, 0.25) is 5.91 Å². The first-order valence-electron chi connectivity index (χ1n) is 6.88. The van der Waals surface area contributed by atoms with Gasteiger partial charge in [0.25, 0.3) is 5.91 Å². The standard InChI is InChI=1S/C16H18N2O3/c1-11-5-6-14(12(8-11)4-2-3-7-19)16(21)18-13-9-15(20)17-10-13/h5-6,8,13,19H,3,7,9-10H2,1H3,(H,17,20)(H,18,21). The van der Waals surface area contributed by atoms with E-state index < -0.39 is 0 Å². The number of aliphatic hydroxyl groups is 1. The zero-order chi connectivity index (χ0) is 15.2. The lowest BCUT2D eigenvalue weighted by Crippen LogP contribution is -2.36. The molecule has 2 amide bonds. The molecule has 21 heavy (non-hydrogen) atoms. The summed E-state index contributed by atoms with van der Waals surface area (Å²) in [5.41, 5.74) is 2.14. The Balaban J connectivity index is 2.16. The summed E-state index contributed by atoms with van der Waals surface area (Å²) in [6.45, 7) is 2.39. The van der Waals surface area contributed by atoms with Crippen molar-refractivity contribution in [1.82, 2.24) is 10.6 Å².